The van der Waals surface area contributed by atoms with E-state index >= 15 is 0 Å². The summed E-state index contributed by atoms with van der Waals surface area (Å²) in [6.45, 7) is 0. The number of pyridine rings is 1. The van der Waals surface area contributed by atoms with Crippen molar-refractivity contribution < 1.29 is 9.90 Å². The van der Waals surface area contributed by atoms with Crippen LogP contribution in [-0.4, -0.2) is 22.1 Å². The summed E-state index contributed by atoms with van der Waals surface area (Å²) in [6, 6.07) is 12.6. The minimum absolute atomic E-state index is 0.134. The molecule has 120 valence electrons. The van der Waals surface area contributed by atoms with Crippen LogP contribution in [0.3, 0.4) is 0 Å². The second kappa shape index (κ2) is 7.11. The van der Waals surface area contributed by atoms with Crippen LogP contribution in [0, 0.1) is 5.92 Å². The number of amides is 1. The lowest BCUT2D eigenvalue weighted by molar-refractivity contribution is -0.128. The molecule has 0 bridgehead atoms. The van der Waals surface area contributed by atoms with Gasteiger partial charge in [-0.15, -0.1) is 0 Å². The van der Waals surface area contributed by atoms with E-state index < -0.39 is 6.10 Å². The molecule has 1 heterocycles. The van der Waals surface area contributed by atoms with Crippen molar-refractivity contribution in [2.45, 2.75) is 31.4 Å². The third kappa shape index (κ3) is 3.71. The molecule has 3 unspecified atom stereocenters. The number of benzene rings is 1. The van der Waals surface area contributed by atoms with Gasteiger partial charge in [0.05, 0.1) is 23.8 Å². The Labute approximate surface area is 140 Å². The number of rotatable bonds is 4. The highest BCUT2D eigenvalue weighted by Crippen LogP contribution is 2.28. The first-order chi connectivity index (χ1) is 11.1. The highest BCUT2D eigenvalue weighted by molar-refractivity contribution is 6.30. The van der Waals surface area contributed by atoms with Crippen molar-refractivity contribution in [3.8, 4) is 0 Å². The first kappa shape index (κ1) is 16.0. The lowest BCUT2D eigenvalue weighted by atomic mass is 10.00. The minimum atomic E-state index is -0.557. The molecule has 3 atom stereocenters. The Morgan fingerprint density at radius 1 is 1.26 bits per heavy atom. The number of nitrogens with zero attached hydrogens (tertiary/aromatic N) is 1. The van der Waals surface area contributed by atoms with Crippen LogP contribution < -0.4 is 5.32 Å². The number of halogens is 1. The Morgan fingerprint density at radius 2 is 2.13 bits per heavy atom. The number of aliphatic hydroxyl groups excluding tert-OH is 1. The van der Waals surface area contributed by atoms with Gasteiger partial charge in [0.15, 0.2) is 0 Å². The molecular formula is C18H19ClN2O2. The van der Waals surface area contributed by atoms with Crippen LogP contribution in [-0.2, 0) is 4.79 Å². The van der Waals surface area contributed by atoms with E-state index in [1.165, 1.54) is 0 Å². The number of carbonyl (C=O) groups is 1. The highest BCUT2D eigenvalue weighted by atomic mass is 35.5. The molecule has 2 aromatic rings. The summed E-state index contributed by atoms with van der Waals surface area (Å²) in [5.41, 5.74) is 1.62. The summed E-state index contributed by atoms with van der Waals surface area (Å²) in [4.78, 5) is 16.9. The standard InChI is InChI=1S/C18H19ClN2O2/c19-13-6-3-5-12(11-13)17(15-8-1-2-10-20-15)21-18(23)14-7-4-9-16(14)22/h1-3,5-6,8,10-11,14,16-17,22H,4,7,9H2,(H,21,23). The molecule has 1 amide bonds. The van der Waals surface area contributed by atoms with E-state index in [1.807, 2.05) is 36.4 Å². The normalized spacial score (nSPS) is 21.8. The van der Waals surface area contributed by atoms with Crippen molar-refractivity contribution in [1.82, 2.24) is 10.3 Å². The Balaban J connectivity index is 1.88. The van der Waals surface area contributed by atoms with E-state index in [4.69, 9.17) is 11.6 Å². The molecule has 1 aliphatic carbocycles. The van der Waals surface area contributed by atoms with Crippen LogP contribution in [0.4, 0.5) is 0 Å². The SMILES string of the molecule is O=C(NC(c1cccc(Cl)c1)c1ccccn1)C1CCCC1O. The molecule has 5 heteroatoms. The van der Waals surface area contributed by atoms with E-state index in [-0.39, 0.29) is 17.9 Å². The summed E-state index contributed by atoms with van der Waals surface area (Å²) in [7, 11) is 0. The number of aliphatic hydroxyl groups is 1. The Hall–Kier alpha value is -1.91. The van der Waals surface area contributed by atoms with Gasteiger partial charge in [0.1, 0.15) is 0 Å². The first-order valence-electron chi connectivity index (χ1n) is 7.80. The fourth-order valence-corrected chi connectivity index (χ4v) is 3.26. The largest absolute Gasteiger partial charge is 0.392 e. The summed E-state index contributed by atoms with van der Waals surface area (Å²) in [5, 5.41) is 13.6. The minimum Gasteiger partial charge on any atom is -0.392 e. The van der Waals surface area contributed by atoms with Gasteiger partial charge in [0.25, 0.3) is 0 Å². The van der Waals surface area contributed by atoms with Gasteiger partial charge in [-0.3, -0.25) is 9.78 Å². The molecule has 0 radical (unpaired) electrons. The number of nitrogens with one attached hydrogen (secondary N) is 1. The van der Waals surface area contributed by atoms with Crippen LogP contribution in [0.2, 0.25) is 5.02 Å². The molecule has 3 rings (SSSR count). The average Bonchev–Trinajstić information content (AvgIpc) is 2.99. The van der Waals surface area contributed by atoms with E-state index in [2.05, 4.69) is 10.3 Å². The molecule has 1 aliphatic rings. The van der Waals surface area contributed by atoms with Crippen LogP contribution in [0.1, 0.15) is 36.6 Å². The fourth-order valence-electron chi connectivity index (χ4n) is 3.06. The van der Waals surface area contributed by atoms with Crippen molar-refractivity contribution in [1.29, 1.82) is 0 Å². The molecule has 1 aromatic carbocycles. The smallest absolute Gasteiger partial charge is 0.226 e. The van der Waals surface area contributed by atoms with Crippen molar-refractivity contribution in [3.05, 3.63) is 64.9 Å². The van der Waals surface area contributed by atoms with Gasteiger partial charge in [-0.2, -0.15) is 0 Å². The third-order valence-electron chi connectivity index (χ3n) is 4.27. The summed E-state index contributed by atoms with van der Waals surface area (Å²) >= 11 is 6.09. The molecule has 23 heavy (non-hydrogen) atoms. The molecule has 1 saturated carbocycles. The molecule has 0 spiro atoms. The maximum atomic E-state index is 12.6. The van der Waals surface area contributed by atoms with Gasteiger partial charge in [-0.25, -0.2) is 0 Å². The predicted octanol–water partition coefficient (Wildman–Crippen LogP) is 3.10. The molecule has 1 fully saturated rings. The quantitative estimate of drug-likeness (QED) is 0.905. The van der Waals surface area contributed by atoms with Crippen LogP contribution in [0.5, 0.6) is 0 Å². The zero-order valence-corrected chi connectivity index (χ0v) is 13.4. The number of hydrogen-bond acceptors (Lipinski definition) is 3. The van der Waals surface area contributed by atoms with E-state index in [0.717, 1.165) is 24.1 Å². The maximum Gasteiger partial charge on any atom is 0.226 e. The monoisotopic (exact) mass is 330 g/mol. The van der Waals surface area contributed by atoms with Crippen molar-refractivity contribution in [2.24, 2.45) is 5.92 Å². The van der Waals surface area contributed by atoms with Gasteiger partial charge in [-0.05, 0) is 49.1 Å². The van der Waals surface area contributed by atoms with Gasteiger partial charge >= 0.3 is 0 Å². The average molecular weight is 331 g/mol. The second-order valence-electron chi connectivity index (χ2n) is 5.86. The summed E-state index contributed by atoms with van der Waals surface area (Å²) in [6.07, 6.45) is 3.42. The van der Waals surface area contributed by atoms with Gasteiger partial charge in [-0.1, -0.05) is 29.8 Å². The van der Waals surface area contributed by atoms with Crippen molar-refractivity contribution in [3.63, 3.8) is 0 Å². The fraction of sp³-hybridized carbons (Fsp3) is 0.333. The predicted molar refractivity (Wildman–Crippen MR) is 89.0 cm³/mol. The van der Waals surface area contributed by atoms with Crippen LogP contribution in [0.25, 0.3) is 0 Å². The summed E-state index contributed by atoms with van der Waals surface area (Å²) < 4.78 is 0. The second-order valence-corrected chi connectivity index (χ2v) is 6.29. The zero-order valence-electron chi connectivity index (χ0n) is 12.7. The number of aromatic nitrogens is 1. The number of hydrogen-bond donors (Lipinski definition) is 2. The van der Waals surface area contributed by atoms with Crippen molar-refractivity contribution in [2.75, 3.05) is 0 Å². The lowest BCUT2D eigenvalue weighted by Gasteiger charge is -2.22. The molecule has 4 nitrogen and oxygen atoms in total. The molecule has 0 aliphatic heterocycles. The highest BCUT2D eigenvalue weighted by Gasteiger charge is 2.33. The van der Waals surface area contributed by atoms with E-state index in [1.54, 1.807) is 12.3 Å². The van der Waals surface area contributed by atoms with Crippen LogP contribution >= 0.6 is 11.6 Å². The van der Waals surface area contributed by atoms with Gasteiger partial charge in [0.2, 0.25) is 5.91 Å². The lowest BCUT2D eigenvalue weighted by Crippen LogP contribution is -2.37. The molecule has 1 aromatic heterocycles. The Morgan fingerprint density at radius 3 is 2.78 bits per heavy atom. The number of carbonyl (C=O) groups excluding carboxylic acids is 1. The third-order valence-corrected chi connectivity index (χ3v) is 4.50. The van der Waals surface area contributed by atoms with Gasteiger partial charge < -0.3 is 10.4 Å². The molecule has 0 saturated heterocycles. The summed E-state index contributed by atoms with van der Waals surface area (Å²) in [5.74, 6) is -0.481. The van der Waals surface area contributed by atoms with E-state index in [0.29, 0.717) is 11.4 Å². The zero-order chi connectivity index (χ0) is 16.2. The first-order valence-corrected chi connectivity index (χ1v) is 8.18. The van der Waals surface area contributed by atoms with Gasteiger partial charge in [0, 0.05) is 11.2 Å². The molecular weight excluding hydrogens is 312 g/mol. The molecule has 2 N–H and O–H groups in total. The Kier molecular flexibility index (Phi) is 4.94. The van der Waals surface area contributed by atoms with Crippen LogP contribution in [0.15, 0.2) is 48.7 Å². The van der Waals surface area contributed by atoms with E-state index in [9.17, 15) is 9.90 Å². The maximum absolute atomic E-state index is 12.6. The topological polar surface area (TPSA) is 62.2 Å². The van der Waals surface area contributed by atoms with Crippen molar-refractivity contribution >= 4 is 17.5 Å². The Bertz CT molecular complexity index is 678.